The number of hydrogen-bond acceptors (Lipinski definition) is 2. The molecule has 0 saturated carbocycles. The van der Waals surface area contributed by atoms with Gasteiger partial charge in [-0.2, -0.15) is 13.2 Å². The fourth-order valence-electron chi connectivity index (χ4n) is 2.08. The molecule has 0 bridgehead atoms. The van der Waals surface area contributed by atoms with E-state index in [1.54, 1.807) is 6.92 Å². The molecule has 1 rings (SSSR count). The molecule has 0 spiro atoms. The third kappa shape index (κ3) is 6.33. The van der Waals surface area contributed by atoms with Crippen molar-refractivity contribution in [1.82, 2.24) is 5.32 Å². The molecule has 0 unspecified atom stereocenters. The molecule has 0 aliphatic carbocycles. The second-order valence-corrected chi connectivity index (χ2v) is 5.43. The van der Waals surface area contributed by atoms with Gasteiger partial charge in [0.05, 0.1) is 0 Å². The van der Waals surface area contributed by atoms with Crippen LogP contribution in [0.1, 0.15) is 26.3 Å². The monoisotopic (exact) mass is 306 g/mol. The van der Waals surface area contributed by atoms with Gasteiger partial charge in [0.1, 0.15) is 12.4 Å². The first-order valence-corrected chi connectivity index (χ1v) is 7.03. The van der Waals surface area contributed by atoms with Crippen LogP contribution in [0.25, 0.3) is 0 Å². The summed E-state index contributed by atoms with van der Waals surface area (Å²) < 4.78 is 51.2. The molecule has 0 atom stereocenters. The average molecular weight is 306 g/mol. The number of alkyl halides is 3. The van der Waals surface area contributed by atoms with Crippen molar-refractivity contribution in [1.29, 1.82) is 0 Å². The van der Waals surface area contributed by atoms with E-state index in [1.165, 1.54) is 23.1 Å². The minimum Gasteiger partial charge on any atom is -0.363 e. The van der Waals surface area contributed by atoms with Crippen LogP contribution in [0.15, 0.2) is 18.2 Å². The second kappa shape index (κ2) is 7.64. The number of hydrogen-bond donors (Lipinski definition) is 1. The van der Waals surface area contributed by atoms with Crippen molar-refractivity contribution in [2.75, 3.05) is 24.5 Å². The van der Waals surface area contributed by atoms with Gasteiger partial charge < -0.3 is 10.2 Å². The van der Waals surface area contributed by atoms with Gasteiger partial charge in [0.25, 0.3) is 0 Å². The van der Waals surface area contributed by atoms with Crippen molar-refractivity contribution in [3.63, 3.8) is 0 Å². The van der Waals surface area contributed by atoms with Gasteiger partial charge in [0, 0.05) is 18.8 Å². The maximum atomic E-state index is 13.4. The highest BCUT2D eigenvalue weighted by Gasteiger charge is 2.31. The summed E-state index contributed by atoms with van der Waals surface area (Å²) in [5.41, 5.74) is 0.967. The lowest BCUT2D eigenvalue weighted by molar-refractivity contribution is -0.119. The van der Waals surface area contributed by atoms with E-state index >= 15 is 0 Å². The van der Waals surface area contributed by atoms with Crippen molar-refractivity contribution < 1.29 is 17.6 Å². The Hall–Kier alpha value is -1.30. The third-order valence-corrected chi connectivity index (χ3v) is 3.00. The summed E-state index contributed by atoms with van der Waals surface area (Å²) >= 11 is 0. The Balaban J connectivity index is 2.93. The number of benzene rings is 1. The number of nitrogens with one attached hydrogen (secondary N) is 1. The number of halogens is 4. The van der Waals surface area contributed by atoms with Crippen LogP contribution in [0.4, 0.5) is 23.2 Å². The van der Waals surface area contributed by atoms with Crippen LogP contribution >= 0.6 is 0 Å². The molecule has 1 aromatic rings. The predicted molar refractivity (Wildman–Crippen MR) is 76.9 cm³/mol. The van der Waals surface area contributed by atoms with E-state index in [-0.39, 0.29) is 6.54 Å². The minimum absolute atomic E-state index is 0.211. The lowest BCUT2D eigenvalue weighted by atomic mass is 10.1. The van der Waals surface area contributed by atoms with Gasteiger partial charge >= 0.3 is 6.18 Å². The first kappa shape index (κ1) is 17.8. The van der Waals surface area contributed by atoms with E-state index in [2.05, 4.69) is 5.32 Å². The Bertz CT molecular complexity index is 444. The molecule has 0 amide bonds. The van der Waals surface area contributed by atoms with Crippen LogP contribution in [-0.4, -0.2) is 25.8 Å². The Labute approximate surface area is 123 Å². The first-order chi connectivity index (χ1) is 9.73. The van der Waals surface area contributed by atoms with Gasteiger partial charge in [-0.3, -0.25) is 0 Å². The predicted octanol–water partition coefficient (Wildman–Crippen LogP) is 3.96. The van der Waals surface area contributed by atoms with Crippen molar-refractivity contribution in [3.05, 3.63) is 29.6 Å². The van der Waals surface area contributed by atoms with Crippen molar-refractivity contribution >= 4 is 5.69 Å². The fourth-order valence-corrected chi connectivity index (χ4v) is 2.08. The van der Waals surface area contributed by atoms with Gasteiger partial charge in [0.15, 0.2) is 0 Å². The molecule has 0 saturated heterocycles. The van der Waals surface area contributed by atoms with E-state index in [9.17, 15) is 17.6 Å². The number of anilines is 1. The van der Waals surface area contributed by atoms with Crippen LogP contribution in [0.5, 0.6) is 0 Å². The van der Waals surface area contributed by atoms with Gasteiger partial charge in [-0.15, -0.1) is 0 Å². The number of rotatable bonds is 7. The van der Waals surface area contributed by atoms with Gasteiger partial charge in [0.2, 0.25) is 0 Å². The summed E-state index contributed by atoms with van der Waals surface area (Å²) in [5.74, 6) is -0.0254. The standard InChI is InChI=1S/C15H22F4N2/c1-4-21(10-15(17,18)19)14-6-5-13(16)7-12(14)9-20-8-11(2)3/h5-7,11,20H,4,8-10H2,1-3H3. The zero-order chi connectivity index (χ0) is 16.0. The maximum absolute atomic E-state index is 13.4. The molecular formula is C15H22F4N2. The van der Waals surface area contributed by atoms with E-state index in [0.717, 1.165) is 6.54 Å². The maximum Gasteiger partial charge on any atom is 0.405 e. The largest absolute Gasteiger partial charge is 0.405 e. The van der Waals surface area contributed by atoms with E-state index < -0.39 is 18.5 Å². The van der Waals surface area contributed by atoms with Crippen molar-refractivity contribution in [2.24, 2.45) is 5.92 Å². The molecule has 21 heavy (non-hydrogen) atoms. The van der Waals surface area contributed by atoms with Crippen molar-refractivity contribution in [3.8, 4) is 0 Å². The van der Waals surface area contributed by atoms with E-state index in [0.29, 0.717) is 23.7 Å². The van der Waals surface area contributed by atoms with Crippen LogP contribution in [0, 0.1) is 11.7 Å². The summed E-state index contributed by atoms with van der Waals surface area (Å²) in [5, 5.41) is 3.14. The minimum atomic E-state index is -4.28. The molecule has 6 heteroatoms. The Morgan fingerprint density at radius 1 is 1.24 bits per heavy atom. The summed E-state index contributed by atoms with van der Waals surface area (Å²) in [6.45, 7) is 5.96. The fraction of sp³-hybridized carbons (Fsp3) is 0.600. The zero-order valence-corrected chi connectivity index (χ0v) is 12.6. The SMILES string of the molecule is CCN(CC(F)(F)F)c1ccc(F)cc1CNCC(C)C. The first-order valence-electron chi connectivity index (χ1n) is 7.03. The molecule has 1 aromatic carbocycles. The second-order valence-electron chi connectivity index (χ2n) is 5.43. The summed E-state index contributed by atoms with van der Waals surface area (Å²) in [6.07, 6.45) is -4.28. The molecule has 0 aliphatic rings. The molecule has 0 aromatic heterocycles. The van der Waals surface area contributed by atoms with Crippen LogP contribution in [-0.2, 0) is 6.54 Å². The molecule has 0 radical (unpaired) electrons. The lowest BCUT2D eigenvalue weighted by Gasteiger charge is -2.27. The van der Waals surface area contributed by atoms with Crippen LogP contribution in [0.3, 0.4) is 0 Å². The average Bonchev–Trinajstić information content (AvgIpc) is 2.35. The Kier molecular flexibility index (Phi) is 6.45. The topological polar surface area (TPSA) is 15.3 Å². The van der Waals surface area contributed by atoms with E-state index in [4.69, 9.17) is 0 Å². The molecule has 120 valence electrons. The quantitative estimate of drug-likeness (QED) is 0.767. The van der Waals surface area contributed by atoms with Gasteiger partial charge in [-0.25, -0.2) is 4.39 Å². The summed E-state index contributed by atoms with van der Waals surface area (Å²) in [7, 11) is 0. The normalized spacial score (nSPS) is 12.0. The zero-order valence-electron chi connectivity index (χ0n) is 12.6. The smallest absolute Gasteiger partial charge is 0.363 e. The molecule has 1 N–H and O–H groups in total. The summed E-state index contributed by atoms with van der Waals surface area (Å²) in [6, 6.07) is 3.90. The highest BCUT2D eigenvalue weighted by atomic mass is 19.4. The number of nitrogens with zero attached hydrogens (tertiary/aromatic N) is 1. The Morgan fingerprint density at radius 2 is 1.90 bits per heavy atom. The molecule has 0 aliphatic heterocycles. The molecule has 0 fully saturated rings. The third-order valence-electron chi connectivity index (χ3n) is 3.00. The molecular weight excluding hydrogens is 284 g/mol. The van der Waals surface area contributed by atoms with E-state index in [1.807, 2.05) is 13.8 Å². The summed E-state index contributed by atoms with van der Waals surface area (Å²) in [4.78, 5) is 1.21. The van der Waals surface area contributed by atoms with Gasteiger partial charge in [-0.05, 0) is 43.1 Å². The lowest BCUT2D eigenvalue weighted by Crippen LogP contribution is -2.35. The highest BCUT2D eigenvalue weighted by molar-refractivity contribution is 5.54. The molecule has 0 heterocycles. The van der Waals surface area contributed by atoms with Crippen molar-refractivity contribution in [2.45, 2.75) is 33.5 Å². The molecule has 2 nitrogen and oxygen atoms in total. The highest BCUT2D eigenvalue weighted by Crippen LogP contribution is 2.26. The van der Waals surface area contributed by atoms with Gasteiger partial charge in [-0.1, -0.05) is 13.8 Å². The Morgan fingerprint density at radius 3 is 2.43 bits per heavy atom. The van der Waals surface area contributed by atoms with Crippen LogP contribution < -0.4 is 10.2 Å². The van der Waals surface area contributed by atoms with Crippen LogP contribution in [0.2, 0.25) is 0 Å².